The van der Waals surface area contributed by atoms with Gasteiger partial charge in [0.25, 0.3) is 0 Å². The molecule has 120 valence electrons. The van der Waals surface area contributed by atoms with Crippen LogP contribution in [0.15, 0.2) is 18.2 Å². The Morgan fingerprint density at radius 3 is 2.74 bits per heavy atom. The molecule has 7 heteroatoms. The average Bonchev–Trinajstić information content (AvgIpc) is 2.89. The highest BCUT2D eigenvalue weighted by molar-refractivity contribution is 5.86. The first kappa shape index (κ1) is 16.5. The summed E-state index contributed by atoms with van der Waals surface area (Å²) in [6, 6.07) is 7.02. The van der Waals surface area contributed by atoms with Crippen molar-refractivity contribution in [2.45, 2.75) is 27.2 Å². The number of carboxylic acid groups (broad SMARTS) is 1. The molecule has 0 aliphatic heterocycles. The highest BCUT2D eigenvalue weighted by Crippen LogP contribution is 2.22. The van der Waals surface area contributed by atoms with Gasteiger partial charge in [0.15, 0.2) is 5.69 Å². The number of hydrogen-bond donors (Lipinski definition) is 1. The number of nitrogens with zero attached hydrogens (tertiary/aromatic N) is 4. The zero-order valence-corrected chi connectivity index (χ0v) is 13.3. The van der Waals surface area contributed by atoms with E-state index >= 15 is 0 Å². The molecule has 0 atom stereocenters. The first-order valence-electron chi connectivity index (χ1n) is 7.27. The van der Waals surface area contributed by atoms with Gasteiger partial charge in [0.1, 0.15) is 11.8 Å². The summed E-state index contributed by atoms with van der Waals surface area (Å²) >= 11 is 0. The number of nitriles is 1. The van der Waals surface area contributed by atoms with Crippen LogP contribution in [0.4, 0.5) is 0 Å². The molecule has 7 nitrogen and oxygen atoms in total. The van der Waals surface area contributed by atoms with E-state index in [1.54, 1.807) is 25.1 Å². The summed E-state index contributed by atoms with van der Waals surface area (Å²) < 4.78 is 5.63. The third-order valence-corrected chi connectivity index (χ3v) is 3.25. The van der Waals surface area contributed by atoms with Crippen LogP contribution < -0.4 is 4.74 Å². The summed E-state index contributed by atoms with van der Waals surface area (Å²) in [4.78, 5) is 12.2. The maximum atomic E-state index is 11.0. The van der Waals surface area contributed by atoms with Crippen LogP contribution in [0.2, 0.25) is 0 Å². The fourth-order valence-electron chi connectivity index (χ4n) is 1.95. The lowest BCUT2D eigenvalue weighted by Gasteiger charge is -2.10. The molecule has 1 N–H and O–H groups in total. The average molecular weight is 314 g/mol. The molecule has 1 aromatic heterocycles. The highest BCUT2D eigenvalue weighted by Gasteiger charge is 2.16. The summed E-state index contributed by atoms with van der Waals surface area (Å²) in [5.74, 6) is -0.118. The maximum absolute atomic E-state index is 11.0. The molecule has 0 saturated heterocycles. The molecule has 0 radical (unpaired) electrons. The first-order valence-corrected chi connectivity index (χ1v) is 7.27. The minimum absolute atomic E-state index is 0.110. The van der Waals surface area contributed by atoms with Crippen molar-refractivity contribution in [3.8, 4) is 17.5 Å². The number of carbonyl (C=O) groups is 1. The van der Waals surface area contributed by atoms with Gasteiger partial charge in [0.05, 0.1) is 23.6 Å². The van der Waals surface area contributed by atoms with Gasteiger partial charge < -0.3 is 9.84 Å². The lowest BCUT2D eigenvalue weighted by Crippen LogP contribution is -2.05. The molecule has 0 spiro atoms. The normalized spacial score (nSPS) is 10.6. The Bertz CT molecular complexity index is 759. The molecule has 1 aromatic carbocycles. The lowest BCUT2D eigenvalue weighted by molar-refractivity contribution is 0.0689. The van der Waals surface area contributed by atoms with E-state index in [9.17, 15) is 10.1 Å². The van der Waals surface area contributed by atoms with E-state index in [-0.39, 0.29) is 5.69 Å². The van der Waals surface area contributed by atoms with Crippen molar-refractivity contribution in [1.82, 2.24) is 15.0 Å². The van der Waals surface area contributed by atoms with Crippen molar-refractivity contribution in [3.05, 3.63) is 35.2 Å². The second-order valence-corrected chi connectivity index (χ2v) is 5.55. The predicted octanol–water partition coefficient (Wildman–Crippen LogP) is 2.57. The van der Waals surface area contributed by atoms with Gasteiger partial charge in [-0.05, 0) is 37.5 Å². The number of ether oxygens (including phenoxy) is 1. The molecule has 0 fully saturated rings. The van der Waals surface area contributed by atoms with Crippen molar-refractivity contribution < 1.29 is 14.6 Å². The quantitative estimate of drug-likeness (QED) is 0.879. The van der Waals surface area contributed by atoms with Crippen LogP contribution in [-0.2, 0) is 0 Å². The van der Waals surface area contributed by atoms with Gasteiger partial charge in [0, 0.05) is 0 Å². The van der Waals surface area contributed by atoms with Crippen molar-refractivity contribution in [3.63, 3.8) is 0 Å². The summed E-state index contributed by atoms with van der Waals surface area (Å²) in [5.41, 5.74) is 1.07. The Balaban J connectivity index is 2.27. The van der Waals surface area contributed by atoms with Gasteiger partial charge in [-0.3, -0.25) is 0 Å². The van der Waals surface area contributed by atoms with Crippen LogP contribution in [0.1, 0.15) is 42.0 Å². The number of hydrogen-bond acceptors (Lipinski definition) is 5. The summed E-state index contributed by atoms with van der Waals surface area (Å²) in [7, 11) is 0. The molecule has 0 amide bonds. The third-order valence-electron chi connectivity index (χ3n) is 3.25. The molecule has 0 aliphatic carbocycles. The molecule has 1 heterocycles. The summed E-state index contributed by atoms with van der Waals surface area (Å²) in [5, 5.41) is 26.3. The van der Waals surface area contributed by atoms with E-state index in [0.717, 1.165) is 6.42 Å². The van der Waals surface area contributed by atoms with Crippen LogP contribution in [0.5, 0.6) is 5.75 Å². The summed E-state index contributed by atoms with van der Waals surface area (Å²) in [6.07, 6.45) is 0.897. The second-order valence-electron chi connectivity index (χ2n) is 5.55. The van der Waals surface area contributed by atoms with Crippen molar-refractivity contribution in [2.75, 3.05) is 6.61 Å². The lowest BCUT2D eigenvalue weighted by atomic mass is 10.1. The second kappa shape index (κ2) is 6.92. The fraction of sp³-hybridized carbons (Fsp3) is 0.375. The van der Waals surface area contributed by atoms with E-state index in [1.165, 1.54) is 4.80 Å². The molecular weight excluding hydrogens is 296 g/mol. The summed E-state index contributed by atoms with van der Waals surface area (Å²) in [6.45, 7) is 6.31. The fourth-order valence-corrected chi connectivity index (χ4v) is 1.95. The van der Waals surface area contributed by atoms with Crippen LogP contribution in [0, 0.1) is 24.2 Å². The molecule has 0 unspecified atom stereocenters. The minimum Gasteiger partial charge on any atom is -0.492 e. The molecule has 2 rings (SSSR count). The van der Waals surface area contributed by atoms with Gasteiger partial charge in [0.2, 0.25) is 0 Å². The molecule has 23 heavy (non-hydrogen) atoms. The van der Waals surface area contributed by atoms with Crippen LogP contribution >= 0.6 is 0 Å². The number of carboxylic acids is 1. The number of aromatic nitrogens is 3. The van der Waals surface area contributed by atoms with Gasteiger partial charge in [-0.1, -0.05) is 13.8 Å². The molecule has 0 bridgehead atoms. The third kappa shape index (κ3) is 3.86. The monoisotopic (exact) mass is 314 g/mol. The molecule has 2 aromatic rings. The standard InChI is InChI=1S/C16H18N4O3/c1-10(2)6-7-23-14-5-4-13(8-12(14)9-17)20-18-11(3)15(19-20)16(21)22/h4-5,8,10H,6-7H2,1-3H3,(H,21,22). The van der Waals surface area contributed by atoms with E-state index in [1.807, 2.05) is 0 Å². The Hall–Kier alpha value is -2.88. The van der Waals surface area contributed by atoms with Crippen LogP contribution in [0.3, 0.4) is 0 Å². The minimum atomic E-state index is -1.14. The predicted molar refractivity (Wildman–Crippen MR) is 82.7 cm³/mol. The SMILES string of the molecule is Cc1nn(-c2ccc(OCCC(C)C)c(C#N)c2)nc1C(=O)O. The first-order chi connectivity index (χ1) is 10.9. The Labute approximate surface area is 134 Å². The van der Waals surface area contributed by atoms with Crippen LogP contribution in [-0.4, -0.2) is 32.7 Å². The van der Waals surface area contributed by atoms with Gasteiger partial charge in [-0.15, -0.1) is 5.10 Å². The van der Waals surface area contributed by atoms with Crippen molar-refractivity contribution >= 4 is 5.97 Å². The number of rotatable bonds is 6. The Morgan fingerprint density at radius 2 is 2.17 bits per heavy atom. The Morgan fingerprint density at radius 1 is 1.43 bits per heavy atom. The largest absolute Gasteiger partial charge is 0.492 e. The van der Waals surface area contributed by atoms with E-state index in [4.69, 9.17) is 9.84 Å². The number of benzene rings is 1. The van der Waals surface area contributed by atoms with Gasteiger partial charge in [-0.2, -0.15) is 15.2 Å². The zero-order chi connectivity index (χ0) is 17.0. The zero-order valence-electron chi connectivity index (χ0n) is 13.3. The molecule has 0 saturated carbocycles. The van der Waals surface area contributed by atoms with Gasteiger partial charge >= 0.3 is 5.97 Å². The smallest absolute Gasteiger partial charge is 0.358 e. The maximum Gasteiger partial charge on any atom is 0.358 e. The van der Waals surface area contributed by atoms with E-state index < -0.39 is 5.97 Å². The molecule has 0 aliphatic rings. The van der Waals surface area contributed by atoms with Crippen molar-refractivity contribution in [1.29, 1.82) is 5.26 Å². The van der Waals surface area contributed by atoms with E-state index in [0.29, 0.717) is 35.2 Å². The number of aryl methyl sites for hydroxylation is 1. The van der Waals surface area contributed by atoms with Crippen molar-refractivity contribution in [2.24, 2.45) is 5.92 Å². The van der Waals surface area contributed by atoms with Crippen LogP contribution in [0.25, 0.3) is 5.69 Å². The topological polar surface area (TPSA) is 101 Å². The highest BCUT2D eigenvalue weighted by atomic mass is 16.5. The Kier molecular flexibility index (Phi) is 4.96. The van der Waals surface area contributed by atoms with E-state index in [2.05, 4.69) is 30.1 Å². The number of aromatic carboxylic acids is 1. The van der Waals surface area contributed by atoms with Gasteiger partial charge in [-0.25, -0.2) is 4.79 Å². The molecular formula is C16H18N4O3.